The highest BCUT2D eigenvalue weighted by atomic mass is 79.9. The number of nitrogens with one attached hydrogen (secondary N) is 1. The molecule has 1 aromatic heterocycles. The number of hydrogen-bond donors (Lipinski definition) is 1. The number of rotatable bonds is 5. The molecule has 2 aromatic carbocycles. The summed E-state index contributed by atoms with van der Waals surface area (Å²) < 4.78 is 6.02. The second-order valence-electron chi connectivity index (χ2n) is 4.79. The Labute approximate surface area is 141 Å². The van der Waals surface area contributed by atoms with Crippen molar-refractivity contribution in [3.05, 3.63) is 58.7 Å². The average Bonchev–Trinajstić information content (AvgIpc) is 2.89. The normalized spacial score (nSPS) is 11.0. The minimum absolute atomic E-state index is 0.0432. The molecule has 0 amide bonds. The molecule has 3 aromatic rings. The molecule has 0 saturated carbocycles. The van der Waals surface area contributed by atoms with Crippen LogP contribution >= 0.6 is 27.7 Å². The Morgan fingerprint density at radius 1 is 1.18 bits per heavy atom. The van der Waals surface area contributed by atoms with Crippen LogP contribution in [-0.4, -0.2) is 24.5 Å². The topological polar surface area (TPSA) is 42.1 Å². The van der Waals surface area contributed by atoms with Gasteiger partial charge in [-0.3, -0.25) is 4.79 Å². The summed E-state index contributed by atoms with van der Waals surface area (Å²) in [6.45, 7) is 0.0702. The number of benzene rings is 2. The van der Waals surface area contributed by atoms with E-state index in [1.807, 2.05) is 48.5 Å². The van der Waals surface area contributed by atoms with Gasteiger partial charge in [-0.2, -0.15) is 0 Å². The molecule has 112 valence electrons. The summed E-state index contributed by atoms with van der Waals surface area (Å²) >= 11 is 5.02. The van der Waals surface area contributed by atoms with Gasteiger partial charge in [0.25, 0.3) is 0 Å². The van der Waals surface area contributed by atoms with E-state index in [0.29, 0.717) is 5.69 Å². The van der Waals surface area contributed by atoms with Gasteiger partial charge in [0.15, 0.2) is 0 Å². The standard InChI is InChI=1S/C17H14BrNO2S/c1-21-10-15(20)16-17(13-4-2-3-5-14(13)19-16)22-12-8-6-11(18)7-9-12/h2-9,19H,10H2,1H3. The molecule has 0 unspecified atom stereocenters. The first-order valence-corrected chi connectivity index (χ1v) is 8.36. The first kappa shape index (κ1) is 15.3. The molecule has 0 fully saturated rings. The first-order chi connectivity index (χ1) is 10.7. The van der Waals surface area contributed by atoms with Crippen molar-refractivity contribution in [3.63, 3.8) is 0 Å². The van der Waals surface area contributed by atoms with E-state index in [-0.39, 0.29) is 12.4 Å². The molecule has 0 bridgehead atoms. The number of aromatic nitrogens is 1. The van der Waals surface area contributed by atoms with Crippen molar-refractivity contribution < 1.29 is 9.53 Å². The van der Waals surface area contributed by atoms with Crippen molar-refractivity contribution in [1.29, 1.82) is 0 Å². The van der Waals surface area contributed by atoms with Crippen LogP contribution in [-0.2, 0) is 4.74 Å². The van der Waals surface area contributed by atoms with E-state index < -0.39 is 0 Å². The van der Waals surface area contributed by atoms with E-state index in [1.54, 1.807) is 11.8 Å². The van der Waals surface area contributed by atoms with Crippen molar-refractivity contribution >= 4 is 44.4 Å². The van der Waals surface area contributed by atoms with Gasteiger partial charge in [0.2, 0.25) is 5.78 Å². The largest absolute Gasteiger partial charge is 0.376 e. The molecule has 0 atom stereocenters. The van der Waals surface area contributed by atoms with Gasteiger partial charge in [0.1, 0.15) is 6.61 Å². The van der Waals surface area contributed by atoms with Gasteiger partial charge in [0, 0.05) is 32.3 Å². The fourth-order valence-corrected chi connectivity index (χ4v) is 3.57. The van der Waals surface area contributed by atoms with Gasteiger partial charge in [-0.1, -0.05) is 45.9 Å². The lowest BCUT2D eigenvalue weighted by Gasteiger charge is -2.04. The van der Waals surface area contributed by atoms with Crippen LogP contribution in [0, 0.1) is 0 Å². The lowest BCUT2D eigenvalue weighted by molar-refractivity contribution is 0.0841. The molecule has 0 aliphatic carbocycles. The molecule has 0 aliphatic heterocycles. The van der Waals surface area contributed by atoms with E-state index in [4.69, 9.17) is 4.74 Å². The van der Waals surface area contributed by atoms with Crippen molar-refractivity contribution in [2.24, 2.45) is 0 Å². The molecule has 5 heteroatoms. The predicted molar refractivity (Wildman–Crippen MR) is 92.8 cm³/mol. The number of carbonyl (C=O) groups is 1. The maximum Gasteiger partial charge on any atom is 0.205 e. The van der Waals surface area contributed by atoms with E-state index in [1.165, 1.54) is 7.11 Å². The molecule has 3 nitrogen and oxygen atoms in total. The molecule has 0 saturated heterocycles. The molecule has 1 N–H and O–H groups in total. The van der Waals surface area contributed by atoms with Crippen LogP contribution in [0.3, 0.4) is 0 Å². The second kappa shape index (κ2) is 6.69. The van der Waals surface area contributed by atoms with Crippen molar-refractivity contribution in [1.82, 2.24) is 4.98 Å². The monoisotopic (exact) mass is 375 g/mol. The van der Waals surface area contributed by atoms with E-state index in [0.717, 1.165) is 25.2 Å². The Morgan fingerprint density at radius 3 is 2.64 bits per heavy atom. The third-order valence-corrected chi connectivity index (χ3v) is 4.91. The Kier molecular flexibility index (Phi) is 4.66. The Balaban J connectivity index is 2.07. The minimum atomic E-state index is -0.0432. The molecule has 0 radical (unpaired) electrons. The number of para-hydroxylation sites is 1. The minimum Gasteiger partial charge on any atom is -0.376 e. The molecular formula is C17H14BrNO2S. The zero-order chi connectivity index (χ0) is 15.5. The lowest BCUT2D eigenvalue weighted by atomic mass is 10.2. The lowest BCUT2D eigenvalue weighted by Crippen LogP contribution is -2.08. The molecule has 22 heavy (non-hydrogen) atoms. The predicted octanol–water partition coefficient (Wildman–Crippen LogP) is 4.91. The fourth-order valence-electron chi connectivity index (χ4n) is 2.24. The Bertz CT molecular complexity index is 811. The molecule has 3 rings (SSSR count). The first-order valence-electron chi connectivity index (χ1n) is 6.75. The van der Waals surface area contributed by atoms with Crippen molar-refractivity contribution in [3.8, 4) is 0 Å². The van der Waals surface area contributed by atoms with E-state index in [2.05, 4.69) is 20.9 Å². The van der Waals surface area contributed by atoms with Crippen LogP contribution in [0.1, 0.15) is 10.5 Å². The van der Waals surface area contributed by atoms with Crippen LogP contribution in [0.25, 0.3) is 10.9 Å². The quantitative estimate of drug-likeness (QED) is 0.644. The number of Topliss-reactive ketones (excluding diaryl/α,β-unsaturated/α-hetero) is 1. The number of methoxy groups -OCH3 is 1. The summed E-state index contributed by atoms with van der Waals surface area (Å²) in [7, 11) is 1.53. The number of ether oxygens (including phenoxy) is 1. The summed E-state index contributed by atoms with van der Waals surface area (Å²) in [6, 6.07) is 16.0. The van der Waals surface area contributed by atoms with Crippen LogP contribution in [0.15, 0.2) is 62.8 Å². The maximum absolute atomic E-state index is 12.3. The number of ketones is 1. The highest BCUT2D eigenvalue weighted by Gasteiger charge is 2.18. The van der Waals surface area contributed by atoms with Gasteiger partial charge >= 0.3 is 0 Å². The number of H-pyrrole nitrogens is 1. The number of aromatic amines is 1. The summed E-state index contributed by atoms with van der Waals surface area (Å²) in [4.78, 5) is 17.6. The molecule has 0 aliphatic rings. The smallest absolute Gasteiger partial charge is 0.205 e. The SMILES string of the molecule is COCC(=O)c1[nH]c2ccccc2c1Sc1ccc(Br)cc1. The summed E-state index contributed by atoms with van der Waals surface area (Å²) in [6.07, 6.45) is 0. The van der Waals surface area contributed by atoms with Gasteiger partial charge in [-0.05, 0) is 30.3 Å². The van der Waals surface area contributed by atoms with E-state index in [9.17, 15) is 4.79 Å². The number of hydrogen-bond acceptors (Lipinski definition) is 3. The summed E-state index contributed by atoms with van der Waals surface area (Å²) in [5.74, 6) is -0.0432. The molecular weight excluding hydrogens is 362 g/mol. The van der Waals surface area contributed by atoms with Crippen LogP contribution in [0.2, 0.25) is 0 Å². The molecule has 0 spiro atoms. The Morgan fingerprint density at radius 2 is 1.91 bits per heavy atom. The maximum atomic E-state index is 12.3. The number of halogens is 1. The van der Waals surface area contributed by atoms with E-state index >= 15 is 0 Å². The second-order valence-corrected chi connectivity index (χ2v) is 6.79. The van der Waals surface area contributed by atoms with Crippen molar-refractivity contribution in [2.75, 3.05) is 13.7 Å². The van der Waals surface area contributed by atoms with Crippen molar-refractivity contribution in [2.45, 2.75) is 9.79 Å². The van der Waals surface area contributed by atoms with Gasteiger partial charge in [0.05, 0.1) is 5.69 Å². The third-order valence-electron chi connectivity index (χ3n) is 3.25. The average molecular weight is 376 g/mol. The Hall–Kier alpha value is -1.56. The zero-order valence-corrected chi connectivity index (χ0v) is 14.3. The summed E-state index contributed by atoms with van der Waals surface area (Å²) in [5, 5.41) is 1.05. The number of fused-ring (bicyclic) bond motifs is 1. The third kappa shape index (κ3) is 3.11. The van der Waals surface area contributed by atoms with Gasteiger partial charge in [-0.25, -0.2) is 0 Å². The van der Waals surface area contributed by atoms with Gasteiger partial charge in [-0.15, -0.1) is 0 Å². The van der Waals surface area contributed by atoms with Gasteiger partial charge < -0.3 is 9.72 Å². The molecule has 1 heterocycles. The van der Waals surface area contributed by atoms with Crippen LogP contribution < -0.4 is 0 Å². The number of carbonyl (C=O) groups excluding carboxylic acids is 1. The fraction of sp³-hybridized carbons (Fsp3) is 0.118. The van der Waals surface area contributed by atoms with Crippen LogP contribution in [0.4, 0.5) is 0 Å². The summed E-state index contributed by atoms with van der Waals surface area (Å²) in [5.41, 5.74) is 1.57. The highest BCUT2D eigenvalue weighted by molar-refractivity contribution is 9.10. The zero-order valence-electron chi connectivity index (χ0n) is 11.9. The highest BCUT2D eigenvalue weighted by Crippen LogP contribution is 2.37. The van der Waals surface area contributed by atoms with Crippen LogP contribution in [0.5, 0.6) is 0 Å².